The highest BCUT2D eigenvalue weighted by Crippen LogP contribution is 2.51. The van der Waals surface area contributed by atoms with Gasteiger partial charge in [-0.2, -0.15) is 0 Å². The molecule has 1 fully saturated rings. The molecule has 1 saturated heterocycles. The molecule has 9 aromatic carbocycles. The Hall–Kier alpha value is -8.26. The van der Waals surface area contributed by atoms with Crippen molar-refractivity contribution in [1.29, 1.82) is 0 Å². The summed E-state index contributed by atoms with van der Waals surface area (Å²) in [6.45, 7) is 3.77. The molecule has 2 aliphatic rings. The summed E-state index contributed by atoms with van der Waals surface area (Å²) in [6, 6.07) is 79.0. The predicted octanol–water partition coefficient (Wildman–Crippen LogP) is 14.1. The summed E-state index contributed by atoms with van der Waals surface area (Å²) in [6.07, 6.45) is -7.51. The number of hydrogen-bond acceptors (Lipinski definition) is 11. The van der Waals surface area contributed by atoms with Gasteiger partial charge < -0.3 is 52.5 Å². The van der Waals surface area contributed by atoms with Gasteiger partial charge in [-0.1, -0.05) is 218 Å². The predicted molar refractivity (Wildman–Crippen MR) is 309 cm³/mol. The van der Waals surface area contributed by atoms with Gasteiger partial charge in [0.2, 0.25) is 0 Å². The summed E-state index contributed by atoms with van der Waals surface area (Å²) in [5.74, 6) is 2.20. The van der Waals surface area contributed by atoms with Gasteiger partial charge in [0.15, 0.2) is 23.9 Å². The van der Waals surface area contributed by atoms with Gasteiger partial charge >= 0.3 is 0 Å². The molecule has 0 radical (unpaired) electrons. The van der Waals surface area contributed by atoms with Gasteiger partial charge in [-0.3, -0.25) is 0 Å². The number of fused-ring (bicyclic) bond motifs is 1. The first kappa shape index (κ1) is 54.7. The molecule has 3 unspecified atom stereocenters. The van der Waals surface area contributed by atoms with Crippen molar-refractivity contribution in [2.45, 2.75) is 102 Å². The minimum absolute atomic E-state index is 0.200. The van der Waals surface area contributed by atoms with Gasteiger partial charge in [0.25, 0.3) is 0 Å². The van der Waals surface area contributed by atoms with E-state index in [4.69, 9.17) is 47.4 Å². The highest BCUT2D eigenvalue weighted by Gasteiger charge is 2.51. The third-order valence-corrected chi connectivity index (χ3v) is 14.4. The fourth-order valence-corrected chi connectivity index (χ4v) is 10.1. The average molecular weight is 1080 g/mol. The molecule has 0 bridgehead atoms. The molecule has 81 heavy (non-hydrogen) atoms. The minimum Gasteiger partial charge on any atom is -0.489 e. The first-order chi connectivity index (χ1) is 40.0. The molecule has 2 heterocycles. The zero-order valence-corrected chi connectivity index (χ0v) is 45.2. The second kappa shape index (κ2) is 27.3. The van der Waals surface area contributed by atoms with E-state index in [1.165, 1.54) is 0 Å². The van der Waals surface area contributed by atoms with Crippen molar-refractivity contribution in [3.8, 4) is 28.7 Å². The lowest BCUT2D eigenvalue weighted by Crippen LogP contribution is -2.61. The molecule has 0 saturated carbocycles. The van der Waals surface area contributed by atoms with Crippen LogP contribution in [0.4, 0.5) is 0 Å². The molecule has 11 nitrogen and oxygen atoms in total. The van der Waals surface area contributed by atoms with Crippen LogP contribution in [0.25, 0.3) is 0 Å². The number of ether oxygens (including phenoxy) is 10. The standard InChI is InChI=1S/C70H66O11/c1-49-65(76-46-54-31-17-6-18-32-54)68(77-47-55-33-19-7-20-34-55)69(78-48-56-35-21-8-22-36-56)70(79-49)81-67-64(71)63-61(75-45-53-29-15-5-16-30-53)40-58(72-42-50-23-9-2-10-24-50)41-62(63)80-66(67)57-37-38-59(73-43-51-25-11-3-12-26-51)60(39-57)74-44-52-27-13-4-14-28-52/h2-41,49,64-71H,42-48H2,1H3/t49?,64?,65-,66-,67+,68+,69?,70+/m1/s1. The van der Waals surface area contributed by atoms with E-state index in [9.17, 15) is 5.11 Å². The molecule has 2 aliphatic heterocycles. The number of benzene rings is 9. The lowest BCUT2D eigenvalue weighted by Gasteiger charge is -2.47. The van der Waals surface area contributed by atoms with Crippen LogP contribution in [0.1, 0.15) is 69.2 Å². The second-order valence-corrected chi connectivity index (χ2v) is 20.2. The Kier molecular flexibility index (Phi) is 18.4. The topological polar surface area (TPSA) is 113 Å². The van der Waals surface area contributed by atoms with E-state index in [1.807, 2.05) is 237 Å². The fraction of sp³-hybridized carbons (Fsp3) is 0.229. The Bertz CT molecular complexity index is 3320. The average Bonchev–Trinajstić information content (AvgIpc) is 3.61. The summed E-state index contributed by atoms with van der Waals surface area (Å²) in [4.78, 5) is 0. The minimum atomic E-state index is -1.38. The smallest absolute Gasteiger partial charge is 0.187 e. The van der Waals surface area contributed by atoms with E-state index >= 15 is 0 Å². The van der Waals surface area contributed by atoms with E-state index in [0.717, 1.165) is 38.9 Å². The van der Waals surface area contributed by atoms with Crippen LogP contribution in [0.3, 0.4) is 0 Å². The van der Waals surface area contributed by atoms with Crippen LogP contribution >= 0.6 is 0 Å². The van der Waals surface area contributed by atoms with Crippen LogP contribution in [0, 0.1) is 0 Å². The Labute approximate surface area is 474 Å². The van der Waals surface area contributed by atoms with Crippen molar-refractivity contribution in [1.82, 2.24) is 0 Å². The van der Waals surface area contributed by atoms with Gasteiger partial charge in [-0.25, -0.2) is 0 Å². The molecule has 11 heteroatoms. The summed E-state index contributed by atoms with van der Waals surface area (Å²) in [5, 5.41) is 13.4. The van der Waals surface area contributed by atoms with Crippen molar-refractivity contribution in [2.75, 3.05) is 0 Å². The maximum atomic E-state index is 13.4. The number of aliphatic hydroxyl groups excluding tert-OH is 1. The van der Waals surface area contributed by atoms with Crippen molar-refractivity contribution in [3.05, 3.63) is 293 Å². The largest absolute Gasteiger partial charge is 0.489 e. The van der Waals surface area contributed by atoms with Crippen LogP contribution in [0.15, 0.2) is 243 Å². The molecule has 8 atom stereocenters. The summed E-state index contributed by atoms with van der Waals surface area (Å²) < 4.78 is 68.8. The van der Waals surface area contributed by atoms with Crippen molar-refractivity contribution in [3.63, 3.8) is 0 Å². The molecular formula is C70H66O11. The van der Waals surface area contributed by atoms with Gasteiger partial charge in [0, 0.05) is 12.1 Å². The van der Waals surface area contributed by atoms with Crippen molar-refractivity contribution >= 4 is 0 Å². The quantitative estimate of drug-likeness (QED) is 0.0624. The third-order valence-electron chi connectivity index (χ3n) is 14.4. The Morgan fingerprint density at radius 2 is 0.765 bits per heavy atom. The van der Waals surface area contributed by atoms with Crippen LogP contribution in [0.5, 0.6) is 28.7 Å². The molecular weight excluding hydrogens is 1020 g/mol. The first-order valence-corrected chi connectivity index (χ1v) is 27.6. The lowest BCUT2D eigenvalue weighted by molar-refractivity contribution is -0.340. The van der Waals surface area contributed by atoms with Crippen LogP contribution in [-0.2, 0) is 69.9 Å². The highest BCUT2D eigenvalue weighted by atomic mass is 16.7. The van der Waals surface area contributed by atoms with E-state index in [1.54, 1.807) is 12.1 Å². The zero-order valence-electron chi connectivity index (χ0n) is 45.2. The monoisotopic (exact) mass is 1080 g/mol. The Morgan fingerprint density at radius 3 is 1.23 bits per heavy atom. The first-order valence-electron chi connectivity index (χ1n) is 27.6. The maximum absolute atomic E-state index is 13.4. The van der Waals surface area contributed by atoms with Crippen LogP contribution < -0.4 is 23.7 Å². The third kappa shape index (κ3) is 14.4. The molecule has 0 amide bonds. The molecule has 11 rings (SSSR count). The number of rotatable bonds is 24. The van der Waals surface area contributed by atoms with Crippen molar-refractivity contribution < 1.29 is 52.5 Å². The van der Waals surface area contributed by atoms with Gasteiger partial charge in [-0.15, -0.1) is 0 Å². The van der Waals surface area contributed by atoms with Crippen molar-refractivity contribution in [2.24, 2.45) is 0 Å². The molecule has 0 aliphatic carbocycles. The molecule has 0 aromatic heterocycles. The fourth-order valence-electron chi connectivity index (χ4n) is 10.1. The molecule has 9 aromatic rings. The zero-order chi connectivity index (χ0) is 55.0. The summed E-state index contributed by atoms with van der Waals surface area (Å²) in [5.41, 5.74) is 7.82. The Balaban J connectivity index is 1.00. The van der Waals surface area contributed by atoms with E-state index < -0.39 is 49.0 Å². The number of aliphatic hydroxyl groups is 1. The van der Waals surface area contributed by atoms with Gasteiger partial charge in [0.1, 0.15) is 74.2 Å². The molecule has 1 N–H and O–H groups in total. The Morgan fingerprint density at radius 1 is 0.370 bits per heavy atom. The lowest BCUT2D eigenvalue weighted by atomic mass is 9.90. The van der Waals surface area contributed by atoms with Gasteiger partial charge in [-0.05, 0) is 63.6 Å². The van der Waals surface area contributed by atoms with Crippen LogP contribution in [-0.4, -0.2) is 41.9 Å². The SMILES string of the molecule is CC1O[C@@H](O[C@H]2C(O)c3c(OCc4ccccc4)cc(OCc4ccccc4)cc3O[C@@H]2c2ccc(OCc3ccccc3)c(OCc3ccccc3)c2)C(OCc2ccccc2)[C@@H](OCc2ccccc2)[C@@H]1OCc1ccccc1. The highest BCUT2D eigenvalue weighted by molar-refractivity contribution is 5.55. The molecule has 0 spiro atoms. The van der Waals surface area contributed by atoms with E-state index in [2.05, 4.69) is 0 Å². The van der Waals surface area contributed by atoms with Crippen LogP contribution in [0.2, 0.25) is 0 Å². The van der Waals surface area contributed by atoms with E-state index in [0.29, 0.717) is 53.1 Å². The van der Waals surface area contributed by atoms with E-state index in [-0.39, 0.29) is 33.0 Å². The van der Waals surface area contributed by atoms with Gasteiger partial charge in [0.05, 0.1) is 31.5 Å². The molecule has 412 valence electrons. The summed E-state index contributed by atoms with van der Waals surface area (Å²) in [7, 11) is 0. The second-order valence-electron chi connectivity index (χ2n) is 20.2. The maximum Gasteiger partial charge on any atom is 0.187 e. The summed E-state index contributed by atoms with van der Waals surface area (Å²) >= 11 is 0. The number of hydrogen-bond donors (Lipinski definition) is 1. The normalized spacial score (nSPS) is 20.3.